The van der Waals surface area contributed by atoms with Gasteiger partial charge in [0.15, 0.2) is 0 Å². The van der Waals surface area contributed by atoms with E-state index in [-0.39, 0.29) is 6.54 Å². The van der Waals surface area contributed by atoms with Gasteiger partial charge in [-0.2, -0.15) is 0 Å². The molecule has 6 heteroatoms. The van der Waals surface area contributed by atoms with E-state index in [1.807, 2.05) is 19.0 Å². The van der Waals surface area contributed by atoms with Crippen LogP contribution in [0.5, 0.6) is 0 Å². The lowest BCUT2D eigenvalue weighted by Gasteiger charge is -2.35. The molecule has 0 atom stereocenters. The van der Waals surface area contributed by atoms with Crippen LogP contribution in [0.25, 0.3) is 0 Å². The fraction of sp³-hybridized carbons (Fsp3) is 0.818. The summed E-state index contributed by atoms with van der Waals surface area (Å²) in [7, 11) is 4.06. The minimum Gasteiger partial charge on any atom is -0.445 e. The van der Waals surface area contributed by atoms with E-state index < -0.39 is 12.4 Å². The summed E-state index contributed by atoms with van der Waals surface area (Å²) in [5.74, 6) is 0.617. The van der Waals surface area contributed by atoms with E-state index in [2.05, 4.69) is 11.5 Å². The first kappa shape index (κ1) is 14.6. The van der Waals surface area contributed by atoms with Crippen LogP contribution in [0.15, 0.2) is 12.1 Å². The van der Waals surface area contributed by atoms with Crippen LogP contribution in [0.3, 0.4) is 0 Å². The van der Waals surface area contributed by atoms with Crippen molar-refractivity contribution in [3.63, 3.8) is 0 Å². The van der Waals surface area contributed by atoms with Crippen molar-refractivity contribution in [3.8, 4) is 0 Å². The molecule has 2 nitrogen and oxygen atoms in total. The molecule has 100 valence electrons. The molecule has 0 amide bonds. The van der Waals surface area contributed by atoms with Gasteiger partial charge in [-0.15, -0.1) is 12.1 Å². The number of hydrogen-bond donors (Lipinski definition) is 0. The highest BCUT2D eigenvalue weighted by Gasteiger charge is 2.29. The Morgan fingerprint density at radius 2 is 1.82 bits per heavy atom. The normalized spacial score (nSPS) is 19.9. The molecule has 17 heavy (non-hydrogen) atoms. The lowest BCUT2D eigenvalue weighted by Crippen LogP contribution is -2.40. The summed E-state index contributed by atoms with van der Waals surface area (Å²) in [6.45, 7) is 0.786. The minimum absolute atomic E-state index is 0.0157. The predicted molar refractivity (Wildman–Crippen MR) is 65.9 cm³/mol. The van der Waals surface area contributed by atoms with Gasteiger partial charge in [-0.25, -0.2) is 0 Å². The predicted octanol–water partition coefficient (Wildman–Crippen LogP) is 2.20. The molecule has 0 unspecified atom stereocenters. The van der Waals surface area contributed by atoms with Crippen molar-refractivity contribution in [2.75, 3.05) is 40.3 Å². The van der Waals surface area contributed by atoms with E-state index in [1.165, 1.54) is 0 Å². The molecule has 0 saturated carbocycles. The van der Waals surface area contributed by atoms with Crippen LogP contribution in [0.2, 0.25) is 0 Å². The van der Waals surface area contributed by atoms with Gasteiger partial charge >= 0.3 is 6.98 Å². The number of halogens is 3. The summed E-state index contributed by atoms with van der Waals surface area (Å²) in [4.78, 5) is 4.00. The van der Waals surface area contributed by atoms with Crippen molar-refractivity contribution in [3.05, 3.63) is 12.1 Å². The Balaban J connectivity index is 2.30. The number of rotatable bonds is 5. The van der Waals surface area contributed by atoms with Crippen molar-refractivity contribution < 1.29 is 12.9 Å². The summed E-state index contributed by atoms with van der Waals surface area (Å²) >= 11 is 0. The lowest BCUT2D eigenvalue weighted by atomic mass is 9.80. The summed E-state index contributed by atoms with van der Waals surface area (Å²) < 4.78 is 37.1. The standard InChI is InChI=1S/C11H21BF3N2/c1-10(12(13,14)15)8-17-6-4-11(5-7-17)9-16(2)3/h11H,1,4-9H2,2-3H3/q-1. The van der Waals surface area contributed by atoms with Crippen LogP contribution in [-0.4, -0.2) is 57.1 Å². The van der Waals surface area contributed by atoms with E-state index in [9.17, 15) is 12.9 Å². The molecule has 0 bridgehead atoms. The van der Waals surface area contributed by atoms with Gasteiger partial charge in [-0.1, -0.05) is 0 Å². The Bertz CT molecular complexity index is 258. The average Bonchev–Trinajstić information content (AvgIpc) is 2.18. The zero-order valence-electron chi connectivity index (χ0n) is 10.6. The van der Waals surface area contributed by atoms with Crippen molar-refractivity contribution in [1.29, 1.82) is 0 Å². The molecule has 0 aromatic carbocycles. The molecular formula is C11H21BF3N2-. The Morgan fingerprint density at radius 1 is 1.29 bits per heavy atom. The summed E-state index contributed by atoms with van der Waals surface area (Å²) in [6.07, 6.45) is 1.96. The monoisotopic (exact) mass is 249 g/mol. The van der Waals surface area contributed by atoms with E-state index >= 15 is 0 Å². The van der Waals surface area contributed by atoms with Crippen molar-refractivity contribution in [2.45, 2.75) is 12.8 Å². The fourth-order valence-corrected chi connectivity index (χ4v) is 2.23. The van der Waals surface area contributed by atoms with Crippen LogP contribution in [0.1, 0.15) is 12.8 Å². The number of nitrogens with zero attached hydrogens (tertiary/aromatic N) is 2. The van der Waals surface area contributed by atoms with Crippen LogP contribution >= 0.6 is 0 Å². The molecule has 0 aromatic rings. The summed E-state index contributed by atoms with van der Waals surface area (Å²) in [6, 6.07) is 0. The molecule has 1 fully saturated rings. The van der Waals surface area contributed by atoms with Crippen LogP contribution < -0.4 is 0 Å². The highest BCUT2D eigenvalue weighted by atomic mass is 19.4. The Kier molecular flexibility index (Phi) is 5.07. The van der Waals surface area contributed by atoms with Crippen LogP contribution in [0, 0.1) is 5.92 Å². The van der Waals surface area contributed by atoms with Gasteiger partial charge in [0.05, 0.1) is 0 Å². The Labute approximate surface area is 102 Å². The highest BCUT2D eigenvalue weighted by Crippen LogP contribution is 2.22. The van der Waals surface area contributed by atoms with E-state index in [0.29, 0.717) is 5.92 Å². The molecule has 0 aliphatic carbocycles. The molecule has 1 heterocycles. The lowest BCUT2D eigenvalue weighted by molar-refractivity contribution is 0.172. The zero-order valence-corrected chi connectivity index (χ0v) is 10.6. The third kappa shape index (κ3) is 5.12. The first-order chi connectivity index (χ1) is 7.79. The van der Waals surface area contributed by atoms with Crippen LogP contribution in [0.4, 0.5) is 12.9 Å². The first-order valence-corrected chi connectivity index (χ1v) is 6.03. The van der Waals surface area contributed by atoms with Crippen molar-refractivity contribution >= 4 is 6.98 Å². The summed E-state index contributed by atoms with van der Waals surface area (Å²) in [5, 5.41) is 0. The zero-order chi connectivity index (χ0) is 13.1. The second kappa shape index (κ2) is 5.91. The molecule has 1 saturated heterocycles. The first-order valence-electron chi connectivity index (χ1n) is 6.03. The second-order valence-corrected chi connectivity index (χ2v) is 5.21. The smallest absolute Gasteiger partial charge is 0.445 e. The largest absolute Gasteiger partial charge is 0.506 e. The van der Waals surface area contributed by atoms with Gasteiger partial charge in [0.2, 0.25) is 0 Å². The number of likely N-dealkylation sites (tertiary alicyclic amines) is 1. The minimum atomic E-state index is -4.87. The average molecular weight is 249 g/mol. The Hall–Kier alpha value is -0.485. The van der Waals surface area contributed by atoms with E-state index in [1.54, 1.807) is 0 Å². The van der Waals surface area contributed by atoms with Crippen molar-refractivity contribution in [2.24, 2.45) is 5.92 Å². The second-order valence-electron chi connectivity index (χ2n) is 5.21. The molecule has 1 rings (SSSR count). The number of hydrogen-bond acceptors (Lipinski definition) is 2. The van der Waals surface area contributed by atoms with Gasteiger partial charge in [-0.05, 0) is 52.5 Å². The van der Waals surface area contributed by atoms with Crippen molar-refractivity contribution in [1.82, 2.24) is 9.80 Å². The number of piperidine rings is 1. The van der Waals surface area contributed by atoms with E-state index in [0.717, 1.165) is 32.5 Å². The van der Waals surface area contributed by atoms with E-state index in [4.69, 9.17) is 0 Å². The fourth-order valence-electron chi connectivity index (χ4n) is 2.23. The molecular weight excluding hydrogens is 228 g/mol. The van der Waals surface area contributed by atoms with Gasteiger partial charge in [0, 0.05) is 6.54 Å². The Morgan fingerprint density at radius 3 is 2.24 bits per heavy atom. The van der Waals surface area contributed by atoms with Crippen LogP contribution in [-0.2, 0) is 0 Å². The third-order valence-electron chi connectivity index (χ3n) is 3.22. The SMILES string of the molecule is C=C(CN1CCC(CN(C)C)CC1)[B-](F)(F)F. The maximum Gasteiger partial charge on any atom is 0.506 e. The molecule has 1 aliphatic rings. The molecule has 0 spiro atoms. The molecule has 0 N–H and O–H groups in total. The van der Waals surface area contributed by atoms with Gasteiger partial charge in [0.1, 0.15) is 0 Å². The molecule has 1 aliphatic heterocycles. The van der Waals surface area contributed by atoms with Gasteiger partial charge < -0.3 is 22.7 Å². The summed E-state index contributed by atoms with van der Waals surface area (Å²) in [5.41, 5.74) is -0.573. The van der Waals surface area contributed by atoms with Gasteiger partial charge in [-0.3, -0.25) is 0 Å². The molecule has 0 aromatic heterocycles. The van der Waals surface area contributed by atoms with Gasteiger partial charge in [0.25, 0.3) is 0 Å². The highest BCUT2D eigenvalue weighted by molar-refractivity contribution is 6.66. The quantitative estimate of drug-likeness (QED) is 0.689. The maximum atomic E-state index is 12.4. The molecule has 0 radical (unpaired) electrons. The maximum absolute atomic E-state index is 12.4. The topological polar surface area (TPSA) is 6.48 Å². The third-order valence-corrected chi connectivity index (χ3v) is 3.22.